The van der Waals surface area contributed by atoms with Crippen LogP contribution in [0, 0.1) is 0 Å². The summed E-state index contributed by atoms with van der Waals surface area (Å²) in [7, 11) is 0.318. The molecular formula is C30H28ClF4N3O7S. The van der Waals surface area contributed by atoms with Crippen molar-refractivity contribution in [3.8, 4) is 17.2 Å². The molecule has 0 spiro atoms. The van der Waals surface area contributed by atoms with Crippen molar-refractivity contribution in [1.82, 2.24) is 9.80 Å². The standard InChI is InChI=1S/C30H28ClF4N3O7S/c1-36(2)27(39)23-14-18(32)16-37(23)29(20-7-5-6-8-24(20)43-3)21-13-17(31)9-11-22(21)38(28(29)40)46(41,42)26-12-10-19(15-25(26)44-4)45-30(33,34)35/h5-13,15,18,23H,14,16H2,1-4H3/t18-,23?,29?/m1/s1. The third-order valence-electron chi connectivity index (χ3n) is 7.85. The molecule has 0 aromatic heterocycles. The highest BCUT2D eigenvalue weighted by molar-refractivity contribution is 7.93. The third kappa shape index (κ3) is 5.39. The highest BCUT2D eigenvalue weighted by Crippen LogP contribution is 2.55. The number of ether oxygens (including phenoxy) is 3. The van der Waals surface area contributed by atoms with Gasteiger partial charge in [-0.1, -0.05) is 29.8 Å². The smallest absolute Gasteiger partial charge is 0.496 e. The number of alkyl halides is 4. The second-order valence-corrected chi connectivity index (χ2v) is 12.9. The number of benzene rings is 3. The van der Waals surface area contributed by atoms with Crippen LogP contribution < -0.4 is 18.5 Å². The van der Waals surface area contributed by atoms with Crippen molar-refractivity contribution in [2.45, 2.75) is 35.4 Å². The zero-order chi connectivity index (χ0) is 33.8. The van der Waals surface area contributed by atoms with Crippen LogP contribution in [0.4, 0.5) is 23.2 Å². The lowest BCUT2D eigenvalue weighted by atomic mass is 9.80. The number of rotatable bonds is 8. The molecule has 0 saturated carbocycles. The summed E-state index contributed by atoms with van der Waals surface area (Å²) in [4.78, 5) is 30.5. The van der Waals surface area contributed by atoms with Gasteiger partial charge in [-0.2, -0.15) is 0 Å². The van der Waals surface area contributed by atoms with Crippen molar-refractivity contribution in [2.24, 2.45) is 0 Å². The summed E-state index contributed by atoms with van der Waals surface area (Å²) in [5.41, 5.74) is -2.24. The summed E-state index contributed by atoms with van der Waals surface area (Å²) >= 11 is 6.44. The number of carbonyl (C=O) groups excluding carboxylic acids is 2. The van der Waals surface area contributed by atoms with Gasteiger partial charge in [0.25, 0.3) is 15.9 Å². The van der Waals surface area contributed by atoms with Crippen LogP contribution >= 0.6 is 11.6 Å². The van der Waals surface area contributed by atoms with Gasteiger partial charge in [0.05, 0.1) is 25.9 Å². The summed E-state index contributed by atoms with van der Waals surface area (Å²) in [6, 6.07) is 11.3. The number of para-hydroxylation sites is 1. The molecule has 1 saturated heterocycles. The van der Waals surface area contributed by atoms with Gasteiger partial charge < -0.3 is 19.1 Å². The maximum atomic E-state index is 15.4. The first-order chi connectivity index (χ1) is 21.6. The highest BCUT2D eigenvalue weighted by atomic mass is 35.5. The molecule has 1 fully saturated rings. The minimum absolute atomic E-state index is 0.0136. The van der Waals surface area contributed by atoms with E-state index in [1.54, 1.807) is 12.1 Å². The monoisotopic (exact) mass is 685 g/mol. The molecule has 2 aliphatic heterocycles. The highest BCUT2D eigenvalue weighted by Gasteiger charge is 2.64. The Labute approximate surface area is 267 Å². The first kappa shape index (κ1) is 33.3. The first-order valence-electron chi connectivity index (χ1n) is 13.7. The van der Waals surface area contributed by atoms with Gasteiger partial charge in [-0.3, -0.25) is 14.5 Å². The van der Waals surface area contributed by atoms with Gasteiger partial charge in [0.15, 0.2) is 5.54 Å². The lowest BCUT2D eigenvalue weighted by Crippen LogP contribution is -2.59. The molecule has 3 aromatic carbocycles. The fraction of sp³-hybridized carbons (Fsp3) is 0.333. The molecule has 3 aromatic rings. The molecular weight excluding hydrogens is 658 g/mol. The number of carbonyl (C=O) groups is 2. The fourth-order valence-electron chi connectivity index (χ4n) is 6.07. The summed E-state index contributed by atoms with van der Waals surface area (Å²) in [6.07, 6.45) is -6.95. The Morgan fingerprint density at radius 1 is 1.00 bits per heavy atom. The number of hydrogen-bond acceptors (Lipinski definition) is 8. The van der Waals surface area contributed by atoms with Crippen LogP contribution in [0.15, 0.2) is 65.6 Å². The molecule has 2 unspecified atom stereocenters. The number of halogens is 5. The number of fused-ring (bicyclic) bond motifs is 1. The van der Waals surface area contributed by atoms with Crippen molar-refractivity contribution in [1.29, 1.82) is 0 Å². The van der Waals surface area contributed by atoms with Crippen molar-refractivity contribution >= 4 is 39.1 Å². The second-order valence-electron chi connectivity index (χ2n) is 10.7. The van der Waals surface area contributed by atoms with Crippen molar-refractivity contribution in [2.75, 3.05) is 39.2 Å². The Hall–Kier alpha value is -4.08. The lowest BCUT2D eigenvalue weighted by Gasteiger charge is -2.42. The minimum atomic E-state index is -5.08. The molecule has 2 heterocycles. The van der Waals surface area contributed by atoms with Crippen LogP contribution in [0.1, 0.15) is 17.5 Å². The summed E-state index contributed by atoms with van der Waals surface area (Å²) < 4.78 is 98.2. The zero-order valence-corrected chi connectivity index (χ0v) is 26.4. The molecule has 0 bridgehead atoms. The van der Waals surface area contributed by atoms with Gasteiger partial charge in [0.2, 0.25) is 5.91 Å². The maximum Gasteiger partial charge on any atom is 0.573 e. The molecule has 46 heavy (non-hydrogen) atoms. The molecule has 0 radical (unpaired) electrons. The lowest BCUT2D eigenvalue weighted by molar-refractivity contribution is -0.274. The molecule has 3 atom stereocenters. The Morgan fingerprint density at radius 2 is 1.67 bits per heavy atom. The van der Waals surface area contributed by atoms with Crippen LogP contribution in [0.3, 0.4) is 0 Å². The third-order valence-corrected chi connectivity index (χ3v) is 9.82. The number of likely N-dealkylation sites (N-methyl/N-ethyl adjacent to an activating group) is 1. The molecule has 5 rings (SSSR count). The van der Waals surface area contributed by atoms with E-state index >= 15 is 9.18 Å². The Bertz CT molecular complexity index is 1810. The van der Waals surface area contributed by atoms with E-state index in [2.05, 4.69) is 4.74 Å². The number of amides is 2. The Kier molecular flexibility index (Phi) is 8.64. The Balaban J connectivity index is 1.81. The van der Waals surface area contributed by atoms with E-state index in [-0.39, 0.29) is 34.0 Å². The number of anilines is 1. The van der Waals surface area contributed by atoms with Crippen LogP contribution in [0.2, 0.25) is 5.02 Å². The predicted octanol–water partition coefficient (Wildman–Crippen LogP) is 4.74. The van der Waals surface area contributed by atoms with Gasteiger partial charge in [-0.15, -0.1) is 13.2 Å². The molecule has 2 amide bonds. The van der Waals surface area contributed by atoms with Gasteiger partial charge in [-0.25, -0.2) is 17.1 Å². The summed E-state index contributed by atoms with van der Waals surface area (Å²) in [5.74, 6) is -2.84. The second kappa shape index (κ2) is 11.9. The van der Waals surface area contributed by atoms with Crippen LogP contribution in [-0.4, -0.2) is 83.5 Å². The zero-order valence-electron chi connectivity index (χ0n) is 24.8. The quantitative estimate of drug-likeness (QED) is 0.314. The molecule has 0 aliphatic carbocycles. The number of sulfonamides is 1. The number of hydrogen-bond donors (Lipinski definition) is 0. The average molecular weight is 686 g/mol. The topological polar surface area (TPSA) is 106 Å². The summed E-state index contributed by atoms with van der Waals surface area (Å²) in [6.45, 7) is -0.444. The van der Waals surface area contributed by atoms with Gasteiger partial charge in [0.1, 0.15) is 28.3 Å². The molecule has 2 aliphatic rings. The summed E-state index contributed by atoms with van der Waals surface area (Å²) in [5, 5.41) is 0.0998. The number of nitrogens with zero attached hydrogens (tertiary/aromatic N) is 3. The Morgan fingerprint density at radius 3 is 2.30 bits per heavy atom. The molecule has 246 valence electrons. The average Bonchev–Trinajstić information content (AvgIpc) is 3.50. The van der Waals surface area contributed by atoms with E-state index in [4.69, 9.17) is 21.1 Å². The largest absolute Gasteiger partial charge is 0.573 e. The number of methoxy groups -OCH3 is 2. The van der Waals surface area contributed by atoms with Crippen molar-refractivity contribution in [3.05, 3.63) is 76.8 Å². The van der Waals surface area contributed by atoms with E-state index < -0.39 is 68.9 Å². The van der Waals surface area contributed by atoms with Gasteiger partial charge in [0, 0.05) is 49.3 Å². The predicted molar refractivity (Wildman–Crippen MR) is 158 cm³/mol. The normalized spacial score (nSPS) is 21.7. The first-order valence-corrected chi connectivity index (χ1v) is 15.5. The SMILES string of the molecule is COc1ccccc1C1(N2C[C@H](F)CC2C(=O)N(C)C)C(=O)N(S(=O)(=O)c2ccc(OC(F)(F)F)cc2OC)c2ccc(Cl)cc21. The van der Waals surface area contributed by atoms with Crippen molar-refractivity contribution < 1.29 is 49.8 Å². The maximum absolute atomic E-state index is 15.4. The minimum Gasteiger partial charge on any atom is -0.496 e. The molecule has 16 heteroatoms. The molecule has 10 nitrogen and oxygen atoms in total. The van der Waals surface area contributed by atoms with Gasteiger partial charge >= 0.3 is 6.36 Å². The van der Waals surface area contributed by atoms with E-state index in [9.17, 15) is 26.4 Å². The fourth-order valence-corrected chi connectivity index (χ4v) is 7.84. The van der Waals surface area contributed by atoms with Gasteiger partial charge in [-0.05, 0) is 36.4 Å². The van der Waals surface area contributed by atoms with E-state index in [0.717, 1.165) is 25.3 Å². The number of likely N-dealkylation sites (tertiary alicyclic amines) is 1. The van der Waals surface area contributed by atoms with E-state index in [1.807, 2.05) is 0 Å². The van der Waals surface area contributed by atoms with Crippen LogP contribution in [0.25, 0.3) is 0 Å². The van der Waals surface area contributed by atoms with E-state index in [1.165, 1.54) is 61.3 Å². The van der Waals surface area contributed by atoms with Crippen molar-refractivity contribution in [3.63, 3.8) is 0 Å². The molecule has 0 N–H and O–H groups in total. The van der Waals surface area contributed by atoms with E-state index in [0.29, 0.717) is 4.31 Å². The van der Waals surface area contributed by atoms with Crippen LogP contribution in [0.5, 0.6) is 17.2 Å². The van der Waals surface area contributed by atoms with Crippen LogP contribution in [-0.2, 0) is 25.2 Å².